The fourth-order valence-electron chi connectivity index (χ4n) is 1.88. The van der Waals surface area contributed by atoms with E-state index in [1.54, 1.807) is 19.1 Å². The number of benzene rings is 1. The number of nitrogens with two attached hydrogens (primary N) is 1. The molecule has 0 fully saturated rings. The van der Waals surface area contributed by atoms with E-state index in [0.717, 1.165) is 0 Å². The fourth-order valence-corrected chi connectivity index (χ4v) is 3.02. The third-order valence-corrected chi connectivity index (χ3v) is 4.29. The molecule has 112 valence electrons. The molecular formula is C13H16N4O3S. The SMILES string of the molecule is CCNC(=O)CNS(=O)(=O)c1ccc(N)c2cccnc12. The number of nitrogens with zero attached hydrogens (tertiary/aromatic N) is 1. The van der Waals surface area contributed by atoms with Crippen LogP contribution in [0, 0.1) is 0 Å². The second-order valence-corrected chi connectivity index (χ2v) is 6.07. The van der Waals surface area contributed by atoms with E-state index in [4.69, 9.17) is 5.73 Å². The molecule has 0 unspecified atom stereocenters. The van der Waals surface area contributed by atoms with Gasteiger partial charge in [-0.15, -0.1) is 0 Å². The number of likely N-dealkylation sites (N-methyl/N-ethyl adjacent to an activating group) is 1. The Hall–Kier alpha value is -2.19. The highest BCUT2D eigenvalue weighted by Gasteiger charge is 2.19. The molecule has 0 radical (unpaired) electrons. The van der Waals surface area contributed by atoms with E-state index in [1.807, 2.05) is 0 Å². The summed E-state index contributed by atoms with van der Waals surface area (Å²) < 4.78 is 26.8. The number of carbonyl (C=O) groups excluding carboxylic acids is 1. The monoisotopic (exact) mass is 308 g/mol. The van der Waals surface area contributed by atoms with Crippen LogP contribution >= 0.6 is 0 Å². The zero-order valence-corrected chi connectivity index (χ0v) is 12.3. The van der Waals surface area contributed by atoms with Gasteiger partial charge >= 0.3 is 0 Å². The lowest BCUT2D eigenvalue weighted by Gasteiger charge is -2.10. The largest absolute Gasteiger partial charge is 0.398 e. The van der Waals surface area contributed by atoms with Crippen molar-refractivity contribution in [3.05, 3.63) is 30.5 Å². The van der Waals surface area contributed by atoms with Gasteiger partial charge in [0, 0.05) is 23.8 Å². The summed E-state index contributed by atoms with van der Waals surface area (Å²) in [7, 11) is -3.85. The topological polar surface area (TPSA) is 114 Å². The number of aromatic nitrogens is 1. The number of pyridine rings is 1. The lowest BCUT2D eigenvalue weighted by molar-refractivity contribution is -0.119. The number of anilines is 1. The van der Waals surface area contributed by atoms with Crippen molar-refractivity contribution < 1.29 is 13.2 Å². The van der Waals surface area contributed by atoms with Gasteiger partial charge in [-0.2, -0.15) is 0 Å². The van der Waals surface area contributed by atoms with Crippen LogP contribution in [0.3, 0.4) is 0 Å². The van der Waals surface area contributed by atoms with Crippen molar-refractivity contribution in [3.63, 3.8) is 0 Å². The number of hydrogen-bond donors (Lipinski definition) is 3. The van der Waals surface area contributed by atoms with Crippen LogP contribution in [0.15, 0.2) is 35.4 Å². The number of rotatable bonds is 5. The molecular weight excluding hydrogens is 292 g/mol. The predicted octanol–water partition coefficient (Wildman–Crippen LogP) is 0.231. The highest BCUT2D eigenvalue weighted by atomic mass is 32.2. The third-order valence-electron chi connectivity index (χ3n) is 2.85. The molecule has 2 aromatic rings. The second-order valence-electron chi connectivity index (χ2n) is 4.33. The number of sulfonamides is 1. The summed E-state index contributed by atoms with van der Waals surface area (Å²) in [5.41, 5.74) is 6.53. The summed E-state index contributed by atoms with van der Waals surface area (Å²) in [5.74, 6) is -0.395. The molecule has 0 atom stereocenters. The van der Waals surface area contributed by atoms with Crippen molar-refractivity contribution in [2.24, 2.45) is 0 Å². The van der Waals surface area contributed by atoms with Crippen LogP contribution in [0.25, 0.3) is 10.9 Å². The fraction of sp³-hybridized carbons (Fsp3) is 0.231. The lowest BCUT2D eigenvalue weighted by atomic mass is 10.2. The van der Waals surface area contributed by atoms with E-state index < -0.39 is 15.9 Å². The molecule has 1 amide bonds. The van der Waals surface area contributed by atoms with E-state index in [9.17, 15) is 13.2 Å². The van der Waals surface area contributed by atoms with Crippen LogP contribution < -0.4 is 15.8 Å². The van der Waals surface area contributed by atoms with Gasteiger partial charge in [0.2, 0.25) is 15.9 Å². The molecule has 21 heavy (non-hydrogen) atoms. The van der Waals surface area contributed by atoms with Gasteiger partial charge in [-0.1, -0.05) is 0 Å². The van der Waals surface area contributed by atoms with Crippen molar-refractivity contribution in [2.75, 3.05) is 18.8 Å². The van der Waals surface area contributed by atoms with Crippen molar-refractivity contribution in [1.29, 1.82) is 0 Å². The normalized spacial score (nSPS) is 11.5. The maximum Gasteiger partial charge on any atom is 0.243 e. The minimum Gasteiger partial charge on any atom is -0.398 e. The lowest BCUT2D eigenvalue weighted by Crippen LogP contribution is -2.36. The average Bonchev–Trinajstić information content (AvgIpc) is 2.46. The van der Waals surface area contributed by atoms with Gasteiger partial charge in [0.15, 0.2) is 0 Å². The molecule has 0 aliphatic rings. The number of carbonyl (C=O) groups is 1. The first-order valence-corrected chi connectivity index (χ1v) is 7.83. The summed E-state index contributed by atoms with van der Waals surface area (Å²) in [6.45, 7) is 1.87. The molecule has 2 rings (SSSR count). The smallest absolute Gasteiger partial charge is 0.243 e. The quantitative estimate of drug-likeness (QED) is 0.684. The molecule has 1 aromatic heterocycles. The Morgan fingerprint density at radius 2 is 2.10 bits per heavy atom. The van der Waals surface area contributed by atoms with Gasteiger partial charge in [0.05, 0.1) is 12.1 Å². The minimum absolute atomic E-state index is 0.00315. The molecule has 0 aliphatic heterocycles. The van der Waals surface area contributed by atoms with Gasteiger partial charge in [0.25, 0.3) is 0 Å². The Labute approximate surface area is 122 Å². The summed E-state index contributed by atoms with van der Waals surface area (Å²) in [6.07, 6.45) is 1.49. The number of nitrogen functional groups attached to an aromatic ring is 1. The van der Waals surface area contributed by atoms with Crippen molar-refractivity contribution >= 4 is 32.5 Å². The van der Waals surface area contributed by atoms with Crippen LogP contribution in [-0.4, -0.2) is 32.4 Å². The van der Waals surface area contributed by atoms with Crippen LogP contribution in [0.4, 0.5) is 5.69 Å². The van der Waals surface area contributed by atoms with E-state index in [2.05, 4.69) is 15.0 Å². The first-order chi connectivity index (χ1) is 9.95. The molecule has 1 aromatic carbocycles. The Balaban J connectivity index is 2.37. The minimum atomic E-state index is -3.85. The molecule has 0 bridgehead atoms. The first-order valence-electron chi connectivity index (χ1n) is 6.35. The highest BCUT2D eigenvalue weighted by Crippen LogP contribution is 2.25. The van der Waals surface area contributed by atoms with E-state index in [1.165, 1.54) is 18.3 Å². The number of nitrogens with one attached hydrogen (secondary N) is 2. The van der Waals surface area contributed by atoms with Crippen LogP contribution in [-0.2, 0) is 14.8 Å². The van der Waals surface area contributed by atoms with Crippen LogP contribution in [0.1, 0.15) is 6.92 Å². The summed E-state index contributed by atoms with van der Waals surface area (Å²) in [4.78, 5) is 15.4. The van der Waals surface area contributed by atoms with E-state index in [-0.39, 0.29) is 17.0 Å². The Bertz CT molecular complexity index is 774. The van der Waals surface area contributed by atoms with Crippen molar-refractivity contribution in [2.45, 2.75) is 11.8 Å². The molecule has 4 N–H and O–H groups in total. The summed E-state index contributed by atoms with van der Waals surface area (Å²) >= 11 is 0. The molecule has 0 saturated carbocycles. The molecule has 7 nitrogen and oxygen atoms in total. The number of fused-ring (bicyclic) bond motifs is 1. The first kappa shape index (κ1) is 15.2. The van der Waals surface area contributed by atoms with E-state index in [0.29, 0.717) is 17.6 Å². The molecule has 0 spiro atoms. The highest BCUT2D eigenvalue weighted by molar-refractivity contribution is 7.89. The van der Waals surface area contributed by atoms with Gasteiger partial charge in [-0.25, -0.2) is 13.1 Å². The summed E-state index contributed by atoms with van der Waals surface area (Å²) in [6, 6.07) is 6.26. The van der Waals surface area contributed by atoms with Gasteiger partial charge in [-0.05, 0) is 31.2 Å². The number of hydrogen-bond acceptors (Lipinski definition) is 5. The second kappa shape index (κ2) is 6.06. The summed E-state index contributed by atoms with van der Waals surface area (Å²) in [5, 5.41) is 3.07. The third kappa shape index (κ3) is 3.29. The zero-order chi connectivity index (χ0) is 15.5. The molecule has 0 saturated heterocycles. The maximum absolute atomic E-state index is 12.3. The van der Waals surface area contributed by atoms with Gasteiger partial charge < -0.3 is 11.1 Å². The van der Waals surface area contributed by atoms with Crippen molar-refractivity contribution in [1.82, 2.24) is 15.0 Å². The van der Waals surface area contributed by atoms with Gasteiger partial charge in [-0.3, -0.25) is 9.78 Å². The van der Waals surface area contributed by atoms with Crippen LogP contribution in [0.5, 0.6) is 0 Å². The molecule has 8 heteroatoms. The Kier molecular flexibility index (Phi) is 4.39. The predicted molar refractivity (Wildman–Crippen MR) is 80.0 cm³/mol. The average molecular weight is 308 g/mol. The van der Waals surface area contributed by atoms with E-state index >= 15 is 0 Å². The van der Waals surface area contributed by atoms with Gasteiger partial charge in [0.1, 0.15) is 4.90 Å². The van der Waals surface area contributed by atoms with Crippen LogP contribution in [0.2, 0.25) is 0 Å². The molecule has 0 aliphatic carbocycles. The Morgan fingerprint density at radius 1 is 1.33 bits per heavy atom. The maximum atomic E-state index is 12.3. The molecule has 1 heterocycles. The van der Waals surface area contributed by atoms with Crippen molar-refractivity contribution in [3.8, 4) is 0 Å². The Morgan fingerprint density at radius 3 is 2.81 bits per heavy atom. The zero-order valence-electron chi connectivity index (χ0n) is 11.5. The number of amides is 1. The standard InChI is InChI=1S/C13H16N4O3S/c1-2-15-12(18)8-17-21(19,20)11-6-5-10(14)9-4-3-7-16-13(9)11/h3-7,17H,2,8,14H2,1H3,(H,15,18).